The molecule has 0 aliphatic rings. The third-order valence-corrected chi connectivity index (χ3v) is 9.68. The van der Waals surface area contributed by atoms with Gasteiger partial charge in [0.2, 0.25) is 0 Å². The summed E-state index contributed by atoms with van der Waals surface area (Å²) in [7, 11) is -4.81. The number of esters is 2. The van der Waals surface area contributed by atoms with Crippen LogP contribution >= 0.6 is 7.82 Å². The minimum absolute atomic E-state index is 0.0199. The molecule has 10 heteroatoms. The van der Waals surface area contributed by atoms with Crippen LogP contribution in [-0.4, -0.2) is 52.3 Å². The maximum absolute atomic E-state index is 12.4. The molecule has 0 aliphatic carbocycles. The number of hydrogen-bond acceptors (Lipinski definition) is 7. The lowest BCUT2D eigenvalue weighted by atomic mass is 9.99. The van der Waals surface area contributed by atoms with Gasteiger partial charge in [-0.3, -0.25) is 14.1 Å². The number of unbranched alkanes of at least 4 members (excludes halogenated alkanes) is 13. The van der Waals surface area contributed by atoms with Crippen LogP contribution in [0.15, 0.2) is 60.8 Å². The van der Waals surface area contributed by atoms with Crippen molar-refractivity contribution in [2.75, 3.05) is 13.2 Å². The molecule has 9 nitrogen and oxygen atoms in total. The normalized spacial score (nSPS) is 14.3. The number of carbonyl (C=O) groups excluding carboxylic acids is 2. The number of allylic oxidation sites excluding steroid dienone is 9. The first-order valence-corrected chi connectivity index (χ1v) is 22.6. The van der Waals surface area contributed by atoms with E-state index in [4.69, 9.17) is 19.3 Å². The van der Waals surface area contributed by atoms with Crippen molar-refractivity contribution >= 4 is 19.8 Å². The van der Waals surface area contributed by atoms with Crippen LogP contribution in [0.4, 0.5) is 0 Å². The zero-order chi connectivity index (χ0) is 40.0. The molecule has 0 spiro atoms. The highest BCUT2D eigenvalue weighted by molar-refractivity contribution is 7.46. The average molecular weight is 781 g/mol. The van der Waals surface area contributed by atoms with Crippen molar-refractivity contribution in [3.63, 3.8) is 0 Å². The van der Waals surface area contributed by atoms with Crippen molar-refractivity contribution < 1.29 is 43.0 Å². The van der Waals surface area contributed by atoms with Gasteiger partial charge in [0.15, 0.2) is 6.10 Å². The minimum Gasteiger partial charge on any atom is -0.462 e. The number of aliphatic hydroxyl groups is 1. The number of aliphatic hydroxyl groups excluding tert-OH is 1. The summed E-state index contributed by atoms with van der Waals surface area (Å²) in [6.07, 6.45) is 42.6. The van der Waals surface area contributed by atoms with E-state index in [9.17, 15) is 19.3 Å². The lowest BCUT2D eigenvalue weighted by Crippen LogP contribution is -2.29. The van der Waals surface area contributed by atoms with Crippen LogP contribution in [0.2, 0.25) is 0 Å². The van der Waals surface area contributed by atoms with E-state index in [0.717, 1.165) is 50.9 Å². The molecule has 2 unspecified atom stereocenters. The zero-order valence-corrected chi connectivity index (χ0v) is 35.0. The Labute approximate surface area is 329 Å². The molecule has 0 amide bonds. The largest absolute Gasteiger partial charge is 0.469 e. The molecule has 0 saturated carbocycles. The Morgan fingerprint density at radius 2 is 1.11 bits per heavy atom. The molecule has 0 aromatic carbocycles. The summed E-state index contributed by atoms with van der Waals surface area (Å²) in [5.74, 6) is -0.215. The van der Waals surface area contributed by atoms with Gasteiger partial charge in [-0.1, -0.05) is 178 Å². The van der Waals surface area contributed by atoms with Crippen LogP contribution in [0, 0.1) is 5.92 Å². The second-order valence-corrected chi connectivity index (χ2v) is 15.6. The Hall–Kier alpha value is -2.29. The smallest absolute Gasteiger partial charge is 0.462 e. The SMILES string of the molecule is CC/C=C\C/C=C\C/C=C\C/C=C\C=C\C(O)CCCC(=O)O[C@H](COC(=O)CCCCCCCCCCCCCCCCC(C)CC)COP(=O)(O)O. The number of phosphoric ester groups is 1. The molecule has 3 N–H and O–H groups in total. The fourth-order valence-corrected chi connectivity index (χ4v) is 6.03. The predicted molar refractivity (Wildman–Crippen MR) is 222 cm³/mol. The van der Waals surface area contributed by atoms with E-state index in [1.165, 1.54) is 77.0 Å². The van der Waals surface area contributed by atoms with E-state index >= 15 is 0 Å². The third-order valence-electron chi connectivity index (χ3n) is 9.20. The van der Waals surface area contributed by atoms with Crippen LogP contribution in [0.3, 0.4) is 0 Å². The number of carbonyl (C=O) groups is 2. The lowest BCUT2D eigenvalue weighted by molar-refractivity contribution is -0.161. The standard InChI is InChI=1S/C44H77O9P/c1-4-6-7-8-9-10-11-14-18-21-24-27-30-34-41(45)35-32-37-44(47)53-42(39-52-54(48,49)50)38-51-43(46)36-31-28-25-22-19-16-13-12-15-17-20-23-26-29-33-40(3)5-2/h6-7,9-10,14,18,24,27,30,34,40-42,45H,4-5,8,11-13,15-17,19-23,25-26,28-29,31-33,35-39H2,1-3H3,(H2,48,49,50)/b7-6-,10-9-,18-14-,27-24-,34-30+/t40?,41?,42-/m1/s1. The van der Waals surface area contributed by atoms with Gasteiger partial charge in [0, 0.05) is 12.8 Å². The maximum atomic E-state index is 12.4. The number of phosphoric acid groups is 1. The third kappa shape index (κ3) is 39.4. The summed E-state index contributed by atoms with van der Waals surface area (Å²) in [5, 5.41) is 10.2. The molecule has 0 heterocycles. The number of ether oxygens (including phenoxy) is 2. The summed E-state index contributed by atoms with van der Waals surface area (Å²) in [4.78, 5) is 42.9. The quantitative estimate of drug-likeness (QED) is 0.0185. The van der Waals surface area contributed by atoms with Gasteiger partial charge in [-0.05, 0) is 50.9 Å². The molecule has 0 saturated heterocycles. The fourth-order valence-electron chi connectivity index (χ4n) is 5.67. The average Bonchev–Trinajstić information content (AvgIpc) is 3.13. The zero-order valence-electron chi connectivity index (χ0n) is 34.1. The highest BCUT2D eigenvalue weighted by Gasteiger charge is 2.23. The first-order chi connectivity index (χ1) is 26.1. The van der Waals surface area contributed by atoms with Gasteiger partial charge in [-0.25, -0.2) is 4.57 Å². The summed E-state index contributed by atoms with van der Waals surface area (Å²) >= 11 is 0. The monoisotopic (exact) mass is 781 g/mol. The van der Waals surface area contributed by atoms with Crippen molar-refractivity contribution in [2.45, 2.75) is 187 Å². The van der Waals surface area contributed by atoms with Gasteiger partial charge in [0.05, 0.1) is 12.7 Å². The Balaban J connectivity index is 4.10. The minimum atomic E-state index is -4.81. The van der Waals surface area contributed by atoms with Crippen LogP contribution < -0.4 is 0 Å². The van der Waals surface area contributed by atoms with Gasteiger partial charge < -0.3 is 24.4 Å². The van der Waals surface area contributed by atoms with Crippen LogP contribution in [0.5, 0.6) is 0 Å². The lowest BCUT2D eigenvalue weighted by Gasteiger charge is -2.18. The Morgan fingerprint density at radius 3 is 1.65 bits per heavy atom. The molecule has 0 aromatic heterocycles. The first-order valence-electron chi connectivity index (χ1n) is 21.1. The van der Waals surface area contributed by atoms with E-state index in [1.807, 2.05) is 12.2 Å². The summed E-state index contributed by atoms with van der Waals surface area (Å²) in [5.41, 5.74) is 0. The van der Waals surface area contributed by atoms with Crippen molar-refractivity contribution in [1.82, 2.24) is 0 Å². The molecule has 312 valence electrons. The molecule has 0 bridgehead atoms. The molecule has 0 aliphatic heterocycles. The van der Waals surface area contributed by atoms with E-state index < -0.39 is 38.6 Å². The molecular weight excluding hydrogens is 703 g/mol. The predicted octanol–water partition coefficient (Wildman–Crippen LogP) is 11.7. The molecule has 3 atom stereocenters. The van der Waals surface area contributed by atoms with E-state index in [2.05, 4.69) is 61.8 Å². The molecule has 0 rings (SSSR count). The van der Waals surface area contributed by atoms with Gasteiger partial charge >= 0.3 is 19.8 Å². The van der Waals surface area contributed by atoms with E-state index in [0.29, 0.717) is 19.3 Å². The van der Waals surface area contributed by atoms with Crippen molar-refractivity contribution in [1.29, 1.82) is 0 Å². The van der Waals surface area contributed by atoms with Crippen LogP contribution in [-0.2, 0) is 28.2 Å². The van der Waals surface area contributed by atoms with Gasteiger partial charge in [0.25, 0.3) is 0 Å². The Morgan fingerprint density at radius 1 is 0.611 bits per heavy atom. The molecule has 0 aromatic rings. The van der Waals surface area contributed by atoms with Crippen molar-refractivity contribution in [3.05, 3.63) is 60.8 Å². The molecule has 54 heavy (non-hydrogen) atoms. The molecular formula is C44H77O9P. The van der Waals surface area contributed by atoms with E-state index in [-0.39, 0.29) is 19.4 Å². The number of hydrogen-bond donors (Lipinski definition) is 3. The molecule has 0 fully saturated rings. The maximum Gasteiger partial charge on any atom is 0.469 e. The van der Waals surface area contributed by atoms with Crippen molar-refractivity contribution in [3.8, 4) is 0 Å². The highest BCUT2D eigenvalue weighted by atomic mass is 31.2. The highest BCUT2D eigenvalue weighted by Crippen LogP contribution is 2.36. The molecule has 0 radical (unpaired) electrons. The van der Waals surface area contributed by atoms with Gasteiger partial charge in [0.1, 0.15) is 6.61 Å². The fraction of sp³-hybridized carbons (Fsp3) is 0.727. The number of rotatable bonds is 37. The van der Waals surface area contributed by atoms with Crippen LogP contribution in [0.25, 0.3) is 0 Å². The Bertz CT molecular complexity index is 1090. The Kier molecular flexibility index (Phi) is 36.0. The van der Waals surface area contributed by atoms with Gasteiger partial charge in [-0.15, -0.1) is 0 Å². The van der Waals surface area contributed by atoms with Crippen LogP contribution in [0.1, 0.15) is 175 Å². The van der Waals surface area contributed by atoms with Crippen molar-refractivity contribution in [2.24, 2.45) is 5.92 Å². The second kappa shape index (κ2) is 37.6. The summed E-state index contributed by atoms with van der Waals surface area (Å²) in [6, 6.07) is 0. The van der Waals surface area contributed by atoms with E-state index in [1.54, 1.807) is 12.2 Å². The van der Waals surface area contributed by atoms with Gasteiger partial charge in [-0.2, -0.15) is 0 Å². The second-order valence-electron chi connectivity index (χ2n) is 14.4. The first kappa shape index (κ1) is 51.7. The summed E-state index contributed by atoms with van der Waals surface area (Å²) < 4.78 is 26.3. The summed E-state index contributed by atoms with van der Waals surface area (Å²) in [6.45, 7) is 5.78. The topological polar surface area (TPSA) is 140 Å².